The fourth-order valence-corrected chi connectivity index (χ4v) is 0.724. The number of alkyl halides is 1. The van der Waals surface area contributed by atoms with Crippen LogP contribution in [0.3, 0.4) is 0 Å². The summed E-state index contributed by atoms with van der Waals surface area (Å²) in [6.07, 6.45) is 3.75. The minimum absolute atomic E-state index is 0.0532. The van der Waals surface area contributed by atoms with Gasteiger partial charge in [-0.15, -0.1) is 0 Å². The Labute approximate surface area is 57.4 Å². The van der Waals surface area contributed by atoms with Crippen LogP contribution >= 0.6 is 11.6 Å². The third-order valence-electron chi connectivity index (χ3n) is 1.08. The molecule has 0 fully saturated rings. The Bertz CT molecular complexity index is 172. The van der Waals surface area contributed by atoms with Gasteiger partial charge in [0.15, 0.2) is 0 Å². The minimum Gasteiger partial charge on any atom is -0.358 e. The van der Waals surface area contributed by atoms with Crippen molar-refractivity contribution in [1.82, 2.24) is 0 Å². The van der Waals surface area contributed by atoms with Crippen LogP contribution in [0, 0.1) is 0 Å². The second kappa shape index (κ2) is 2.12. The zero-order valence-corrected chi connectivity index (χ0v) is 5.40. The third-order valence-corrected chi connectivity index (χ3v) is 1.36. The van der Waals surface area contributed by atoms with E-state index in [9.17, 15) is 4.39 Å². The van der Waals surface area contributed by atoms with Crippen molar-refractivity contribution in [3.63, 3.8) is 0 Å². The van der Waals surface area contributed by atoms with Gasteiger partial charge >= 0.3 is 0 Å². The Morgan fingerprint density at radius 2 is 2.44 bits per heavy atom. The van der Waals surface area contributed by atoms with Crippen molar-refractivity contribution in [2.24, 2.45) is 0 Å². The predicted molar refractivity (Wildman–Crippen MR) is 33.8 cm³/mol. The van der Waals surface area contributed by atoms with Crippen LogP contribution in [0.15, 0.2) is 23.3 Å². The normalized spacial score (nSPS) is 34.3. The first-order valence-electron chi connectivity index (χ1n) is 2.56. The maximum absolute atomic E-state index is 12.4. The summed E-state index contributed by atoms with van der Waals surface area (Å²) in [5.41, 5.74) is 0. The first-order valence-corrected chi connectivity index (χ1v) is 2.94. The monoisotopic (exact) mass is 148 g/mol. The van der Waals surface area contributed by atoms with E-state index in [-0.39, 0.29) is 6.42 Å². The summed E-state index contributed by atoms with van der Waals surface area (Å²) in [7, 11) is 0. The highest BCUT2D eigenvalue weighted by Crippen LogP contribution is 2.23. The Hall–Kier alpha value is -0.340. The van der Waals surface area contributed by atoms with Crippen LogP contribution in [0.5, 0.6) is 0 Å². The molecular weight excluding hydrogens is 143 g/mol. The van der Waals surface area contributed by atoms with Gasteiger partial charge in [0.25, 0.3) is 0 Å². The van der Waals surface area contributed by atoms with Crippen molar-refractivity contribution < 1.29 is 9.50 Å². The van der Waals surface area contributed by atoms with Crippen LogP contribution in [0.2, 0.25) is 0 Å². The molecule has 1 N–H and O–H groups in total. The number of hydrogen-bond donors (Lipinski definition) is 1. The maximum Gasteiger partial charge on any atom is 0.229 e. The molecule has 0 aliphatic heterocycles. The number of aliphatic hydroxyl groups is 1. The molecule has 1 nitrogen and oxygen atoms in total. The molecule has 1 aliphatic carbocycles. The fourth-order valence-electron chi connectivity index (χ4n) is 0.584. The predicted octanol–water partition coefficient (Wildman–Crippen LogP) is 1.73. The molecule has 0 aromatic heterocycles. The molecule has 0 aromatic rings. The quantitative estimate of drug-likeness (QED) is 0.555. The van der Waals surface area contributed by atoms with Crippen LogP contribution in [0.1, 0.15) is 6.42 Å². The van der Waals surface area contributed by atoms with Crippen LogP contribution < -0.4 is 0 Å². The van der Waals surface area contributed by atoms with Crippen LogP contribution in [-0.4, -0.2) is 11.0 Å². The van der Waals surface area contributed by atoms with Gasteiger partial charge in [0.2, 0.25) is 5.85 Å². The first kappa shape index (κ1) is 6.78. The molecule has 1 atom stereocenters. The summed E-state index contributed by atoms with van der Waals surface area (Å²) in [4.78, 5) is 0. The van der Waals surface area contributed by atoms with Gasteiger partial charge in [0.05, 0.1) is 0 Å². The molecule has 0 amide bonds. The SMILES string of the molecule is OC1(F)C=CC(Cl)=CC1. The van der Waals surface area contributed by atoms with Crippen molar-refractivity contribution in [2.45, 2.75) is 12.3 Å². The van der Waals surface area contributed by atoms with Gasteiger partial charge in [-0.25, -0.2) is 4.39 Å². The van der Waals surface area contributed by atoms with Gasteiger partial charge in [-0.3, -0.25) is 0 Å². The molecule has 0 bridgehead atoms. The molecule has 0 saturated carbocycles. The number of halogens is 2. The molecule has 0 aromatic carbocycles. The van der Waals surface area contributed by atoms with E-state index in [0.717, 1.165) is 6.08 Å². The zero-order chi connectivity index (χ0) is 6.91. The van der Waals surface area contributed by atoms with Gasteiger partial charge < -0.3 is 5.11 Å². The van der Waals surface area contributed by atoms with E-state index in [2.05, 4.69) is 0 Å². The van der Waals surface area contributed by atoms with E-state index >= 15 is 0 Å². The second-order valence-electron chi connectivity index (χ2n) is 1.95. The standard InChI is InChI=1S/C6H6ClFO/c7-5-1-3-6(8,9)4-2-5/h1-3,9H,4H2. The molecule has 0 saturated heterocycles. The highest BCUT2D eigenvalue weighted by atomic mass is 35.5. The van der Waals surface area contributed by atoms with E-state index < -0.39 is 5.85 Å². The number of allylic oxidation sites excluding steroid dienone is 2. The second-order valence-corrected chi connectivity index (χ2v) is 2.38. The van der Waals surface area contributed by atoms with Gasteiger partial charge in [0.1, 0.15) is 0 Å². The van der Waals surface area contributed by atoms with Gasteiger partial charge in [-0.1, -0.05) is 17.7 Å². The van der Waals surface area contributed by atoms with E-state index in [1.807, 2.05) is 0 Å². The third kappa shape index (κ3) is 1.80. The first-order chi connectivity index (χ1) is 4.10. The minimum atomic E-state index is -2.18. The average Bonchev–Trinajstić information content (AvgIpc) is 1.78. The summed E-state index contributed by atoms with van der Waals surface area (Å²) in [6.45, 7) is 0. The number of rotatable bonds is 0. The average molecular weight is 149 g/mol. The van der Waals surface area contributed by atoms with Crippen molar-refractivity contribution in [2.75, 3.05) is 0 Å². The van der Waals surface area contributed by atoms with Crippen LogP contribution in [0.25, 0.3) is 0 Å². The van der Waals surface area contributed by atoms with Crippen molar-refractivity contribution >= 4 is 11.6 Å². The Kier molecular flexibility index (Phi) is 1.60. The fraction of sp³-hybridized carbons (Fsp3) is 0.333. The van der Waals surface area contributed by atoms with E-state index in [1.54, 1.807) is 0 Å². The topological polar surface area (TPSA) is 20.2 Å². The van der Waals surface area contributed by atoms with Crippen molar-refractivity contribution in [3.8, 4) is 0 Å². The molecule has 1 rings (SSSR count). The molecule has 1 aliphatic rings. The summed E-state index contributed by atoms with van der Waals surface area (Å²) >= 11 is 5.44. The maximum atomic E-state index is 12.4. The largest absolute Gasteiger partial charge is 0.358 e. The Morgan fingerprint density at radius 1 is 1.78 bits per heavy atom. The molecule has 0 heterocycles. The van der Waals surface area contributed by atoms with Crippen molar-refractivity contribution in [3.05, 3.63) is 23.3 Å². The molecule has 9 heavy (non-hydrogen) atoms. The highest BCUT2D eigenvalue weighted by molar-refractivity contribution is 6.31. The van der Waals surface area contributed by atoms with E-state index in [0.29, 0.717) is 5.03 Å². The van der Waals surface area contributed by atoms with Gasteiger partial charge in [-0.05, 0) is 12.2 Å². The molecule has 3 heteroatoms. The summed E-state index contributed by atoms with van der Waals surface area (Å²) in [5.74, 6) is -2.18. The lowest BCUT2D eigenvalue weighted by atomic mass is 10.1. The smallest absolute Gasteiger partial charge is 0.229 e. The van der Waals surface area contributed by atoms with Gasteiger partial charge in [-0.2, -0.15) is 0 Å². The molecule has 1 unspecified atom stereocenters. The molecule has 0 spiro atoms. The Balaban J connectivity index is 2.70. The lowest BCUT2D eigenvalue weighted by molar-refractivity contribution is -0.0387. The van der Waals surface area contributed by atoms with Crippen LogP contribution in [-0.2, 0) is 0 Å². The lowest BCUT2D eigenvalue weighted by Crippen LogP contribution is -2.18. The summed E-state index contributed by atoms with van der Waals surface area (Å²) < 4.78 is 12.4. The van der Waals surface area contributed by atoms with Gasteiger partial charge in [0, 0.05) is 11.5 Å². The Morgan fingerprint density at radius 3 is 2.78 bits per heavy atom. The van der Waals surface area contributed by atoms with Crippen molar-refractivity contribution in [1.29, 1.82) is 0 Å². The molecule has 50 valence electrons. The summed E-state index contributed by atoms with van der Waals surface area (Å²) in [6, 6.07) is 0. The van der Waals surface area contributed by atoms with E-state index in [4.69, 9.17) is 16.7 Å². The summed E-state index contributed by atoms with van der Waals surface area (Å²) in [5, 5.41) is 9.11. The number of hydrogen-bond acceptors (Lipinski definition) is 1. The molecule has 0 radical (unpaired) electrons. The van der Waals surface area contributed by atoms with E-state index in [1.165, 1.54) is 12.2 Å². The lowest BCUT2D eigenvalue weighted by Gasteiger charge is -2.14. The highest BCUT2D eigenvalue weighted by Gasteiger charge is 2.22. The zero-order valence-electron chi connectivity index (χ0n) is 4.64. The van der Waals surface area contributed by atoms with Crippen LogP contribution in [0.4, 0.5) is 4.39 Å². The molecular formula is C6H6ClFO.